The predicted molar refractivity (Wildman–Crippen MR) is 68.8 cm³/mol. The number of rotatable bonds is 3. The Bertz CT molecular complexity index is 452. The average Bonchev–Trinajstić information content (AvgIpc) is 2.41. The summed E-state index contributed by atoms with van der Waals surface area (Å²) in [6.45, 7) is 3.37. The number of hydrogen-bond acceptors (Lipinski definition) is 3. The molecule has 2 rings (SSSR count). The summed E-state index contributed by atoms with van der Waals surface area (Å²) in [5, 5.41) is 12.3. The monoisotopic (exact) mass is 267 g/mol. The lowest BCUT2D eigenvalue weighted by atomic mass is 10.0. The van der Waals surface area contributed by atoms with Crippen molar-refractivity contribution in [1.29, 1.82) is 5.26 Å². The molecular weight excluding hydrogens is 253 g/mol. The molecule has 1 N–H and O–H groups in total. The third-order valence-electron chi connectivity index (χ3n) is 3.22. The van der Waals surface area contributed by atoms with Crippen molar-refractivity contribution in [2.75, 3.05) is 26.2 Å². The molecule has 3 nitrogen and oxygen atoms in total. The molecule has 5 heteroatoms. The van der Waals surface area contributed by atoms with Gasteiger partial charge in [0.25, 0.3) is 0 Å². The maximum absolute atomic E-state index is 14.0. The second-order valence-corrected chi connectivity index (χ2v) is 4.71. The van der Waals surface area contributed by atoms with E-state index in [1.54, 1.807) is 12.1 Å². The number of nitrogens with zero attached hydrogens (tertiary/aromatic N) is 2. The molecule has 0 unspecified atom stereocenters. The highest BCUT2D eigenvalue weighted by atomic mass is 35.5. The zero-order valence-electron chi connectivity index (χ0n) is 10.00. The summed E-state index contributed by atoms with van der Waals surface area (Å²) in [5.74, 6) is -0.405. The zero-order chi connectivity index (χ0) is 13.0. The first kappa shape index (κ1) is 13.3. The molecule has 1 aliphatic rings. The number of nitrogens with one attached hydrogen (secondary N) is 1. The molecule has 96 valence electrons. The van der Waals surface area contributed by atoms with E-state index in [1.807, 2.05) is 0 Å². The summed E-state index contributed by atoms with van der Waals surface area (Å²) in [7, 11) is 0. The van der Waals surface area contributed by atoms with Gasteiger partial charge in [-0.15, -0.1) is 0 Å². The van der Waals surface area contributed by atoms with Gasteiger partial charge < -0.3 is 5.32 Å². The van der Waals surface area contributed by atoms with Crippen molar-refractivity contribution in [2.45, 2.75) is 12.5 Å². The van der Waals surface area contributed by atoms with Gasteiger partial charge in [-0.05, 0) is 6.07 Å². The minimum Gasteiger partial charge on any atom is -0.314 e. The van der Waals surface area contributed by atoms with Crippen molar-refractivity contribution in [3.63, 3.8) is 0 Å². The highest BCUT2D eigenvalue weighted by Gasteiger charge is 2.25. The van der Waals surface area contributed by atoms with Crippen LogP contribution in [0.1, 0.15) is 18.0 Å². The second kappa shape index (κ2) is 6.14. The largest absolute Gasteiger partial charge is 0.314 e. The fourth-order valence-electron chi connectivity index (χ4n) is 2.29. The molecule has 0 saturated carbocycles. The van der Waals surface area contributed by atoms with Crippen LogP contribution < -0.4 is 5.32 Å². The topological polar surface area (TPSA) is 39.1 Å². The molecule has 0 spiro atoms. The molecule has 0 bridgehead atoms. The Hall–Kier alpha value is -1.15. The smallest absolute Gasteiger partial charge is 0.146 e. The van der Waals surface area contributed by atoms with Gasteiger partial charge in [0.15, 0.2) is 0 Å². The summed E-state index contributed by atoms with van der Waals surface area (Å²) in [5.41, 5.74) is 0.519. The third kappa shape index (κ3) is 2.81. The second-order valence-electron chi connectivity index (χ2n) is 4.31. The van der Waals surface area contributed by atoms with Gasteiger partial charge in [-0.1, -0.05) is 23.7 Å². The zero-order valence-corrected chi connectivity index (χ0v) is 10.8. The number of benzene rings is 1. The molecule has 1 heterocycles. The molecular formula is C13H15ClFN3. The van der Waals surface area contributed by atoms with Crippen LogP contribution in [-0.2, 0) is 0 Å². The lowest BCUT2D eigenvalue weighted by Crippen LogP contribution is -2.45. The van der Waals surface area contributed by atoms with Crippen LogP contribution in [-0.4, -0.2) is 31.1 Å². The van der Waals surface area contributed by atoms with Gasteiger partial charge in [0.2, 0.25) is 0 Å². The van der Waals surface area contributed by atoms with E-state index < -0.39 is 5.82 Å². The first-order valence-electron chi connectivity index (χ1n) is 5.99. The van der Waals surface area contributed by atoms with Crippen LogP contribution in [0.2, 0.25) is 5.02 Å². The minimum atomic E-state index is -0.405. The summed E-state index contributed by atoms with van der Waals surface area (Å²) in [6, 6.07) is 6.90. The Labute approximate surface area is 111 Å². The Morgan fingerprint density at radius 3 is 2.83 bits per heavy atom. The molecule has 1 atom stereocenters. The molecule has 0 aromatic heterocycles. The van der Waals surface area contributed by atoms with Crippen LogP contribution in [0, 0.1) is 17.1 Å². The summed E-state index contributed by atoms with van der Waals surface area (Å²) in [4.78, 5) is 2.13. The highest BCUT2D eigenvalue weighted by Crippen LogP contribution is 2.29. The van der Waals surface area contributed by atoms with Crippen LogP contribution >= 0.6 is 11.6 Å². The lowest BCUT2D eigenvalue weighted by molar-refractivity contribution is 0.172. The summed E-state index contributed by atoms with van der Waals surface area (Å²) >= 11 is 5.81. The molecule has 0 amide bonds. The standard InChI is InChI=1S/C13H15ClFN3/c14-11-3-1-2-10(13(11)15)12(4-5-16)18-8-6-17-7-9-18/h1-3,12,17H,4,6-9H2/t12-/m0/s1. The van der Waals surface area contributed by atoms with E-state index in [0.29, 0.717) is 5.56 Å². The van der Waals surface area contributed by atoms with Crippen LogP contribution in [0.4, 0.5) is 4.39 Å². The molecule has 18 heavy (non-hydrogen) atoms. The van der Waals surface area contributed by atoms with Crippen molar-refractivity contribution in [3.05, 3.63) is 34.6 Å². The first-order chi connectivity index (χ1) is 8.74. The SMILES string of the molecule is N#CC[C@@H](c1cccc(Cl)c1F)N1CCNCC1. The minimum absolute atomic E-state index is 0.116. The van der Waals surface area contributed by atoms with Crippen LogP contribution in [0.25, 0.3) is 0 Å². The van der Waals surface area contributed by atoms with Crippen molar-refractivity contribution in [3.8, 4) is 6.07 Å². The Morgan fingerprint density at radius 2 is 2.17 bits per heavy atom. The third-order valence-corrected chi connectivity index (χ3v) is 3.51. The van der Waals surface area contributed by atoms with Gasteiger partial charge in [0, 0.05) is 31.7 Å². The van der Waals surface area contributed by atoms with E-state index >= 15 is 0 Å². The van der Waals surface area contributed by atoms with Crippen LogP contribution in [0.15, 0.2) is 18.2 Å². The van der Waals surface area contributed by atoms with Crippen LogP contribution in [0.5, 0.6) is 0 Å². The van der Waals surface area contributed by atoms with Crippen molar-refractivity contribution >= 4 is 11.6 Å². The summed E-state index contributed by atoms with van der Waals surface area (Å²) in [6.07, 6.45) is 0.275. The molecule has 0 aliphatic carbocycles. The van der Waals surface area contributed by atoms with E-state index in [4.69, 9.17) is 16.9 Å². The Balaban J connectivity index is 2.28. The average molecular weight is 268 g/mol. The van der Waals surface area contributed by atoms with Crippen molar-refractivity contribution in [1.82, 2.24) is 10.2 Å². The van der Waals surface area contributed by atoms with Gasteiger partial charge in [-0.2, -0.15) is 5.26 Å². The van der Waals surface area contributed by atoms with E-state index in [9.17, 15) is 4.39 Å². The number of halogens is 2. The molecule has 1 aromatic carbocycles. The van der Waals surface area contributed by atoms with E-state index in [1.165, 1.54) is 6.07 Å². The number of piperazine rings is 1. The van der Waals surface area contributed by atoms with Gasteiger partial charge in [-0.3, -0.25) is 4.90 Å². The maximum atomic E-state index is 14.0. The molecule has 1 aliphatic heterocycles. The normalized spacial score (nSPS) is 18.3. The quantitative estimate of drug-likeness (QED) is 0.914. The highest BCUT2D eigenvalue weighted by molar-refractivity contribution is 6.30. The van der Waals surface area contributed by atoms with Crippen molar-refractivity contribution < 1.29 is 4.39 Å². The van der Waals surface area contributed by atoms with Gasteiger partial charge in [0.05, 0.1) is 23.6 Å². The van der Waals surface area contributed by atoms with Gasteiger partial charge in [-0.25, -0.2) is 4.39 Å². The van der Waals surface area contributed by atoms with Gasteiger partial charge >= 0.3 is 0 Å². The Morgan fingerprint density at radius 1 is 1.44 bits per heavy atom. The molecule has 0 radical (unpaired) electrons. The lowest BCUT2D eigenvalue weighted by Gasteiger charge is -2.34. The molecule has 1 fully saturated rings. The van der Waals surface area contributed by atoms with Crippen molar-refractivity contribution in [2.24, 2.45) is 0 Å². The first-order valence-corrected chi connectivity index (χ1v) is 6.37. The molecule has 1 saturated heterocycles. The van der Waals surface area contributed by atoms with Gasteiger partial charge in [0.1, 0.15) is 5.82 Å². The fourth-order valence-corrected chi connectivity index (χ4v) is 2.48. The Kier molecular flexibility index (Phi) is 4.54. The molecule has 1 aromatic rings. The van der Waals surface area contributed by atoms with E-state index in [2.05, 4.69) is 16.3 Å². The number of hydrogen-bond donors (Lipinski definition) is 1. The van der Waals surface area contributed by atoms with E-state index in [-0.39, 0.29) is 17.5 Å². The maximum Gasteiger partial charge on any atom is 0.146 e. The number of nitriles is 1. The van der Waals surface area contributed by atoms with Crippen LogP contribution in [0.3, 0.4) is 0 Å². The predicted octanol–water partition coefficient (Wildman–Crippen LogP) is 2.34. The fraction of sp³-hybridized carbons (Fsp3) is 0.462. The summed E-state index contributed by atoms with van der Waals surface area (Å²) < 4.78 is 14.0. The van der Waals surface area contributed by atoms with E-state index in [0.717, 1.165) is 26.2 Å².